The summed E-state index contributed by atoms with van der Waals surface area (Å²) in [6.07, 6.45) is 2.76. The number of aromatic nitrogens is 1. The number of nitrogens with one attached hydrogen (secondary N) is 1. The van der Waals surface area contributed by atoms with Crippen LogP contribution in [0.4, 0.5) is 0 Å². The lowest BCUT2D eigenvalue weighted by Crippen LogP contribution is -2.23. The molecule has 2 rings (SSSR count). The number of hydrogen-bond donors (Lipinski definition) is 1. The number of likely N-dealkylation sites (N-methyl/N-ethyl adjacent to an activating group) is 1. The van der Waals surface area contributed by atoms with Crippen molar-refractivity contribution < 1.29 is 4.74 Å². The number of thiophene rings is 1. The van der Waals surface area contributed by atoms with Gasteiger partial charge in [-0.3, -0.25) is 4.98 Å². The fourth-order valence-corrected chi connectivity index (χ4v) is 4.02. The molecule has 0 amide bonds. The van der Waals surface area contributed by atoms with Gasteiger partial charge in [0.15, 0.2) is 0 Å². The van der Waals surface area contributed by atoms with Gasteiger partial charge in [-0.25, -0.2) is 0 Å². The SMILES string of the molecule is CCNC(Cc1ncc(C)c(OC)c1C)c1cc(Br)cs1. The molecule has 0 spiro atoms. The second-order valence-corrected chi connectivity index (χ2v) is 6.89. The van der Waals surface area contributed by atoms with Crippen LogP contribution in [0.3, 0.4) is 0 Å². The normalized spacial score (nSPS) is 12.4. The molecule has 0 radical (unpaired) electrons. The molecule has 0 aliphatic carbocycles. The van der Waals surface area contributed by atoms with Gasteiger partial charge in [0.1, 0.15) is 5.75 Å². The lowest BCUT2D eigenvalue weighted by atomic mass is 10.0. The van der Waals surface area contributed by atoms with Gasteiger partial charge >= 0.3 is 0 Å². The molecule has 0 aliphatic rings. The number of halogens is 1. The molecule has 2 aromatic heterocycles. The summed E-state index contributed by atoms with van der Waals surface area (Å²) >= 11 is 5.30. The Morgan fingerprint density at radius 2 is 2.19 bits per heavy atom. The van der Waals surface area contributed by atoms with Gasteiger partial charge in [0.05, 0.1) is 7.11 Å². The minimum Gasteiger partial charge on any atom is -0.496 e. The third kappa shape index (κ3) is 3.84. The Balaban J connectivity index is 2.29. The van der Waals surface area contributed by atoms with Gasteiger partial charge in [0.2, 0.25) is 0 Å². The first-order chi connectivity index (χ1) is 10.1. The summed E-state index contributed by atoms with van der Waals surface area (Å²) in [5.74, 6) is 0.947. The second kappa shape index (κ2) is 7.38. The van der Waals surface area contributed by atoms with Crippen LogP contribution in [0, 0.1) is 13.8 Å². The zero-order chi connectivity index (χ0) is 15.4. The average Bonchev–Trinajstić information content (AvgIpc) is 2.88. The Kier molecular flexibility index (Phi) is 5.79. The average molecular weight is 369 g/mol. The summed E-state index contributed by atoms with van der Waals surface area (Å²) in [6.45, 7) is 7.18. The van der Waals surface area contributed by atoms with Gasteiger partial charge in [-0.05, 0) is 42.4 Å². The third-order valence-corrected chi connectivity index (χ3v) is 5.34. The van der Waals surface area contributed by atoms with Crippen LogP contribution in [-0.4, -0.2) is 18.6 Å². The maximum absolute atomic E-state index is 5.50. The molecule has 5 heteroatoms. The van der Waals surface area contributed by atoms with E-state index in [4.69, 9.17) is 4.74 Å². The van der Waals surface area contributed by atoms with Gasteiger partial charge in [-0.2, -0.15) is 0 Å². The van der Waals surface area contributed by atoms with Crippen LogP contribution in [-0.2, 0) is 6.42 Å². The minimum atomic E-state index is 0.282. The molecule has 0 fully saturated rings. The highest BCUT2D eigenvalue weighted by molar-refractivity contribution is 9.10. The van der Waals surface area contributed by atoms with E-state index in [9.17, 15) is 0 Å². The number of ether oxygens (including phenoxy) is 1. The summed E-state index contributed by atoms with van der Waals surface area (Å²) in [7, 11) is 1.72. The van der Waals surface area contributed by atoms with Crippen LogP contribution in [0.2, 0.25) is 0 Å². The molecule has 1 unspecified atom stereocenters. The van der Waals surface area contributed by atoms with Crippen LogP contribution in [0.25, 0.3) is 0 Å². The van der Waals surface area contributed by atoms with E-state index >= 15 is 0 Å². The number of pyridine rings is 1. The molecule has 0 aliphatic heterocycles. The Bertz CT molecular complexity index is 612. The first kappa shape index (κ1) is 16.5. The van der Waals surface area contributed by atoms with Crippen molar-refractivity contribution in [2.45, 2.75) is 33.2 Å². The smallest absolute Gasteiger partial charge is 0.128 e. The molecular formula is C16H21BrN2OS. The van der Waals surface area contributed by atoms with Crippen molar-refractivity contribution in [3.8, 4) is 5.75 Å². The summed E-state index contributed by atoms with van der Waals surface area (Å²) in [5, 5.41) is 5.67. The van der Waals surface area contributed by atoms with Crippen molar-refractivity contribution in [2.75, 3.05) is 13.7 Å². The van der Waals surface area contributed by atoms with E-state index in [0.29, 0.717) is 0 Å². The van der Waals surface area contributed by atoms with Crippen molar-refractivity contribution >= 4 is 27.3 Å². The minimum absolute atomic E-state index is 0.282. The predicted molar refractivity (Wildman–Crippen MR) is 92.4 cm³/mol. The summed E-state index contributed by atoms with van der Waals surface area (Å²) in [4.78, 5) is 5.94. The fraction of sp³-hybridized carbons (Fsp3) is 0.438. The molecule has 2 aromatic rings. The van der Waals surface area contributed by atoms with Crippen molar-refractivity contribution in [2.24, 2.45) is 0 Å². The zero-order valence-corrected chi connectivity index (χ0v) is 15.3. The van der Waals surface area contributed by atoms with E-state index in [2.05, 4.69) is 51.5 Å². The number of nitrogens with zero attached hydrogens (tertiary/aromatic N) is 1. The third-order valence-electron chi connectivity index (χ3n) is 3.53. The van der Waals surface area contributed by atoms with Crippen molar-refractivity contribution in [3.05, 3.63) is 43.8 Å². The molecular weight excluding hydrogens is 348 g/mol. The number of methoxy groups -OCH3 is 1. The van der Waals surface area contributed by atoms with Gasteiger partial charge < -0.3 is 10.1 Å². The number of hydrogen-bond acceptors (Lipinski definition) is 4. The van der Waals surface area contributed by atoms with Crippen molar-refractivity contribution in [3.63, 3.8) is 0 Å². The Labute approximate surface area is 138 Å². The molecule has 3 nitrogen and oxygen atoms in total. The standard InChI is InChI=1S/C16H21BrN2OS/c1-5-18-14(15-6-12(17)9-21-15)7-13-11(3)16(20-4)10(2)8-19-13/h6,8-9,14,18H,5,7H2,1-4H3. The monoisotopic (exact) mass is 368 g/mol. The van der Waals surface area contributed by atoms with E-state index in [-0.39, 0.29) is 6.04 Å². The summed E-state index contributed by atoms with van der Waals surface area (Å²) < 4.78 is 6.64. The van der Waals surface area contributed by atoms with Gasteiger partial charge in [0, 0.05) is 50.2 Å². The molecule has 0 aromatic carbocycles. The highest BCUT2D eigenvalue weighted by atomic mass is 79.9. The lowest BCUT2D eigenvalue weighted by Gasteiger charge is -2.19. The zero-order valence-electron chi connectivity index (χ0n) is 12.9. The molecule has 1 N–H and O–H groups in total. The lowest BCUT2D eigenvalue weighted by molar-refractivity contribution is 0.406. The van der Waals surface area contributed by atoms with Crippen molar-refractivity contribution in [1.82, 2.24) is 10.3 Å². The molecule has 0 saturated carbocycles. The van der Waals surface area contributed by atoms with Crippen LogP contribution in [0.1, 0.15) is 34.7 Å². The van der Waals surface area contributed by atoms with Crippen molar-refractivity contribution in [1.29, 1.82) is 0 Å². The highest BCUT2D eigenvalue weighted by Crippen LogP contribution is 2.30. The maximum Gasteiger partial charge on any atom is 0.128 e. The molecule has 21 heavy (non-hydrogen) atoms. The molecule has 0 bridgehead atoms. The largest absolute Gasteiger partial charge is 0.496 e. The molecule has 114 valence electrons. The van der Waals surface area contributed by atoms with E-state index in [1.165, 1.54) is 4.88 Å². The Morgan fingerprint density at radius 3 is 2.76 bits per heavy atom. The first-order valence-electron chi connectivity index (χ1n) is 7.03. The summed E-state index contributed by atoms with van der Waals surface area (Å²) in [6, 6.07) is 2.46. The van der Waals surface area contributed by atoms with Crippen LogP contribution in [0.5, 0.6) is 5.75 Å². The predicted octanol–water partition coefficient (Wildman–Crippen LogP) is 4.42. The molecule has 2 heterocycles. The van der Waals surface area contributed by atoms with Crippen LogP contribution >= 0.6 is 27.3 Å². The number of aryl methyl sites for hydroxylation is 1. The second-order valence-electron chi connectivity index (χ2n) is 5.03. The van der Waals surface area contributed by atoms with E-state index < -0.39 is 0 Å². The summed E-state index contributed by atoms with van der Waals surface area (Å²) in [5.41, 5.74) is 3.31. The maximum atomic E-state index is 5.50. The molecule has 0 saturated heterocycles. The van der Waals surface area contributed by atoms with Crippen LogP contribution < -0.4 is 10.1 Å². The Morgan fingerprint density at radius 1 is 1.43 bits per heavy atom. The van der Waals surface area contributed by atoms with Gasteiger partial charge in [-0.15, -0.1) is 11.3 Å². The highest BCUT2D eigenvalue weighted by Gasteiger charge is 2.17. The first-order valence-corrected chi connectivity index (χ1v) is 8.70. The van der Waals surface area contributed by atoms with Gasteiger partial charge in [-0.1, -0.05) is 6.92 Å². The fourth-order valence-electron chi connectivity index (χ4n) is 2.50. The van der Waals surface area contributed by atoms with E-state index in [0.717, 1.165) is 40.0 Å². The Hall–Kier alpha value is -0.910. The van der Waals surface area contributed by atoms with Crippen LogP contribution in [0.15, 0.2) is 22.1 Å². The van der Waals surface area contributed by atoms with Gasteiger partial charge in [0.25, 0.3) is 0 Å². The topological polar surface area (TPSA) is 34.2 Å². The quantitative estimate of drug-likeness (QED) is 0.818. The number of rotatable bonds is 6. The molecule has 1 atom stereocenters. The van der Waals surface area contributed by atoms with E-state index in [1.807, 2.05) is 13.1 Å². The van der Waals surface area contributed by atoms with E-state index in [1.54, 1.807) is 18.4 Å².